The zero-order valence-corrected chi connectivity index (χ0v) is 12.7. The molecule has 0 saturated carbocycles. The summed E-state index contributed by atoms with van der Waals surface area (Å²) in [6, 6.07) is 13.0. The second-order valence-electron chi connectivity index (χ2n) is 4.84. The van der Waals surface area contributed by atoms with Crippen LogP contribution >= 0.6 is 34.8 Å². The summed E-state index contributed by atoms with van der Waals surface area (Å²) in [5.74, 6) is 0. The van der Waals surface area contributed by atoms with E-state index in [0.29, 0.717) is 21.5 Å². The van der Waals surface area contributed by atoms with Crippen molar-refractivity contribution in [1.29, 1.82) is 0 Å². The van der Waals surface area contributed by atoms with Crippen molar-refractivity contribution >= 4 is 34.8 Å². The van der Waals surface area contributed by atoms with Gasteiger partial charge in [0.05, 0.1) is 0 Å². The van der Waals surface area contributed by atoms with Crippen LogP contribution in [0.1, 0.15) is 18.1 Å². The standard InChI is InChI=1S/C15H14Cl3N/c1-15(19,11-3-2-4-12(16)8-11)9-10-7-13(17)5-6-14(10)18/h2-8H,9,19H2,1H3. The molecule has 0 aliphatic rings. The van der Waals surface area contributed by atoms with Crippen LogP contribution in [0.2, 0.25) is 15.1 Å². The van der Waals surface area contributed by atoms with Gasteiger partial charge in [-0.1, -0.05) is 46.9 Å². The predicted molar refractivity (Wildman–Crippen MR) is 83.2 cm³/mol. The van der Waals surface area contributed by atoms with E-state index in [-0.39, 0.29) is 0 Å². The van der Waals surface area contributed by atoms with Gasteiger partial charge in [-0.15, -0.1) is 0 Å². The van der Waals surface area contributed by atoms with Crippen molar-refractivity contribution in [3.63, 3.8) is 0 Å². The Kier molecular flexibility index (Phi) is 4.42. The second kappa shape index (κ2) is 5.72. The highest BCUT2D eigenvalue weighted by Gasteiger charge is 2.23. The smallest absolute Gasteiger partial charge is 0.0439 e. The van der Waals surface area contributed by atoms with Crippen LogP contribution in [-0.2, 0) is 12.0 Å². The van der Waals surface area contributed by atoms with Gasteiger partial charge in [0.25, 0.3) is 0 Å². The molecule has 0 aliphatic carbocycles. The molecule has 0 radical (unpaired) electrons. The summed E-state index contributed by atoms with van der Waals surface area (Å²) in [6.07, 6.45) is 0.590. The third-order valence-corrected chi connectivity index (χ3v) is 3.89. The van der Waals surface area contributed by atoms with E-state index >= 15 is 0 Å². The molecule has 2 aromatic rings. The van der Waals surface area contributed by atoms with Crippen LogP contribution in [0.25, 0.3) is 0 Å². The van der Waals surface area contributed by atoms with Crippen LogP contribution in [0, 0.1) is 0 Å². The number of rotatable bonds is 3. The Morgan fingerprint density at radius 1 is 1.00 bits per heavy atom. The first-order valence-electron chi connectivity index (χ1n) is 5.87. The van der Waals surface area contributed by atoms with E-state index in [2.05, 4.69) is 0 Å². The molecule has 0 amide bonds. The van der Waals surface area contributed by atoms with Gasteiger partial charge in [-0.3, -0.25) is 0 Å². The highest BCUT2D eigenvalue weighted by molar-refractivity contribution is 6.33. The lowest BCUT2D eigenvalue weighted by molar-refractivity contribution is 0.491. The van der Waals surface area contributed by atoms with Gasteiger partial charge >= 0.3 is 0 Å². The summed E-state index contributed by atoms with van der Waals surface area (Å²) in [4.78, 5) is 0. The lowest BCUT2D eigenvalue weighted by atomic mass is 9.86. The summed E-state index contributed by atoms with van der Waals surface area (Å²) < 4.78 is 0. The molecular formula is C15H14Cl3N. The van der Waals surface area contributed by atoms with Crippen molar-refractivity contribution in [1.82, 2.24) is 0 Å². The fraction of sp³-hybridized carbons (Fsp3) is 0.200. The largest absolute Gasteiger partial charge is 0.321 e. The molecule has 4 heteroatoms. The van der Waals surface area contributed by atoms with Gasteiger partial charge in [-0.25, -0.2) is 0 Å². The van der Waals surface area contributed by atoms with Gasteiger partial charge in [-0.05, 0) is 54.8 Å². The summed E-state index contributed by atoms with van der Waals surface area (Å²) in [5.41, 5.74) is 7.74. The third-order valence-electron chi connectivity index (χ3n) is 3.05. The Morgan fingerprint density at radius 3 is 2.37 bits per heavy atom. The average molecular weight is 315 g/mol. The van der Waals surface area contributed by atoms with Crippen LogP contribution < -0.4 is 5.73 Å². The van der Waals surface area contributed by atoms with E-state index in [1.54, 1.807) is 12.1 Å². The number of nitrogens with two attached hydrogens (primary N) is 1. The maximum Gasteiger partial charge on any atom is 0.0439 e. The molecule has 1 atom stereocenters. The third kappa shape index (κ3) is 3.64. The lowest BCUT2D eigenvalue weighted by Crippen LogP contribution is -2.35. The molecule has 0 heterocycles. The van der Waals surface area contributed by atoms with Gasteiger partial charge in [0.2, 0.25) is 0 Å². The Hall–Kier alpha value is -0.730. The Balaban J connectivity index is 2.33. The van der Waals surface area contributed by atoms with Crippen molar-refractivity contribution in [2.24, 2.45) is 5.73 Å². The van der Waals surface area contributed by atoms with Gasteiger partial charge in [0.15, 0.2) is 0 Å². The number of hydrogen-bond donors (Lipinski definition) is 1. The van der Waals surface area contributed by atoms with E-state index in [4.69, 9.17) is 40.5 Å². The van der Waals surface area contributed by atoms with E-state index < -0.39 is 5.54 Å². The monoisotopic (exact) mass is 313 g/mol. The molecule has 2 aromatic carbocycles. The van der Waals surface area contributed by atoms with Crippen molar-refractivity contribution in [3.05, 3.63) is 68.7 Å². The minimum Gasteiger partial charge on any atom is -0.321 e. The minimum atomic E-state index is -0.556. The first-order chi connectivity index (χ1) is 8.88. The predicted octanol–water partition coefficient (Wildman–Crippen LogP) is 5.06. The molecule has 0 fully saturated rings. The molecule has 19 heavy (non-hydrogen) atoms. The molecule has 0 saturated heterocycles. The zero-order valence-electron chi connectivity index (χ0n) is 10.5. The Bertz CT molecular complexity index is 594. The fourth-order valence-electron chi connectivity index (χ4n) is 2.02. The van der Waals surface area contributed by atoms with Crippen LogP contribution in [0.15, 0.2) is 42.5 Å². The van der Waals surface area contributed by atoms with Gasteiger partial charge < -0.3 is 5.73 Å². The van der Waals surface area contributed by atoms with E-state index in [0.717, 1.165) is 11.1 Å². The first-order valence-corrected chi connectivity index (χ1v) is 7.01. The zero-order chi connectivity index (χ0) is 14.0. The minimum absolute atomic E-state index is 0.556. The summed E-state index contributed by atoms with van der Waals surface area (Å²) >= 11 is 18.2. The molecule has 0 spiro atoms. The van der Waals surface area contributed by atoms with Crippen molar-refractivity contribution < 1.29 is 0 Å². The molecule has 0 bridgehead atoms. The highest BCUT2D eigenvalue weighted by Crippen LogP contribution is 2.29. The van der Waals surface area contributed by atoms with Crippen LogP contribution in [0.5, 0.6) is 0 Å². The summed E-state index contributed by atoms with van der Waals surface area (Å²) in [5, 5.41) is 2.00. The molecule has 100 valence electrons. The van der Waals surface area contributed by atoms with Crippen LogP contribution in [-0.4, -0.2) is 0 Å². The molecule has 2 N–H and O–H groups in total. The first kappa shape index (κ1) is 14.7. The molecule has 1 unspecified atom stereocenters. The van der Waals surface area contributed by atoms with Crippen LogP contribution in [0.3, 0.4) is 0 Å². The Labute approximate surface area is 128 Å². The second-order valence-corrected chi connectivity index (χ2v) is 6.12. The lowest BCUT2D eigenvalue weighted by Gasteiger charge is -2.26. The average Bonchev–Trinajstić information content (AvgIpc) is 2.33. The Morgan fingerprint density at radius 2 is 1.68 bits per heavy atom. The molecule has 0 aromatic heterocycles. The SMILES string of the molecule is CC(N)(Cc1cc(Cl)ccc1Cl)c1cccc(Cl)c1. The topological polar surface area (TPSA) is 26.0 Å². The van der Waals surface area contributed by atoms with Gasteiger partial charge in [-0.2, -0.15) is 0 Å². The van der Waals surface area contributed by atoms with Crippen LogP contribution in [0.4, 0.5) is 0 Å². The summed E-state index contributed by atoms with van der Waals surface area (Å²) in [7, 11) is 0. The molecule has 2 rings (SSSR count). The number of hydrogen-bond acceptors (Lipinski definition) is 1. The van der Waals surface area contributed by atoms with E-state index in [1.165, 1.54) is 0 Å². The number of halogens is 3. The number of benzene rings is 2. The van der Waals surface area contributed by atoms with Crippen molar-refractivity contribution in [2.45, 2.75) is 18.9 Å². The van der Waals surface area contributed by atoms with Crippen molar-refractivity contribution in [2.75, 3.05) is 0 Å². The molecular weight excluding hydrogens is 301 g/mol. The van der Waals surface area contributed by atoms with E-state index in [9.17, 15) is 0 Å². The maximum absolute atomic E-state index is 6.40. The maximum atomic E-state index is 6.40. The van der Waals surface area contributed by atoms with Crippen molar-refractivity contribution in [3.8, 4) is 0 Å². The quantitative estimate of drug-likeness (QED) is 0.841. The molecule has 0 aliphatic heterocycles. The van der Waals surface area contributed by atoms with E-state index in [1.807, 2.05) is 37.3 Å². The molecule has 1 nitrogen and oxygen atoms in total. The van der Waals surface area contributed by atoms with Gasteiger partial charge in [0.1, 0.15) is 0 Å². The fourth-order valence-corrected chi connectivity index (χ4v) is 2.59. The van der Waals surface area contributed by atoms with Gasteiger partial charge in [0, 0.05) is 20.6 Å². The summed E-state index contributed by atoms with van der Waals surface area (Å²) in [6.45, 7) is 1.95. The highest BCUT2D eigenvalue weighted by atomic mass is 35.5. The normalized spacial score (nSPS) is 14.2.